The summed E-state index contributed by atoms with van der Waals surface area (Å²) in [4.78, 5) is 0. The van der Waals surface area contributed by atoms with Crippen LogP contribution in [0.2, 0.25) is 0 Å². The van der Waals surface area contributed by atoms with Crippen molar-refractivity contribution < 1.29 is 15.3 Å². The Morgan fingerprint density at radius 3 is 1.19 bits per heavy atom. The molecule has 3 nitrogen and oxygen atoms in total. The van der Waals surface area contributed by atoms with Gasteiger partial charge in [-0.05, 0) is 101 Å². The van der Waals surface area contributed by atoms with Gasteiger partial charge in [0.05, 0.1) is 0 Å². The van der Waals surface area contributed by atoms with Crippen LogP contribution in [0.5, 0.6) is 17.2 Å². The van der Waals surface area contributed by atoms with Gasteiger partial charge >= 0.3 is 0 Å². The van der Waals surface area contributed by atoms with Gasteiger partial charge in [-0.2, -0.15) is 0 Å². The first-order valence-corrected chi connectivity index (χ1v) is 16.6. The molecule has 238 valence electrons. The minimum atomic E-state index is -0.131. The van der Waals surface area contributed by atoms with Crippen LogP contribution in [0.15, 0.2) is 36.4 Å². The molecule has 0 fully saturated rings. The monoisotopic (exact) mass is 588 g/mol. The molecule has 0 saturated carbocycles. The molecule has 0 radical (unpaired) electrons. The maximum absolute atomic E-state index is 11.0. The lowest BCUT2D eigenvalue weighted by Gasteiger charge is -2.25. The van der Waals surface area contributed by atoms with Crippen LogP contribution in [-0.2, 0) is 42.9 Å². The molecular formula is C40H60O3. The van der Waals surface area contributed by atoms with Gasteiger partial charge in [-0.25, -0.2) is 0 Å². The second-order valence-electron chi connectivity index (χ2n) is 14.3. The average molecular weight is 589 g/mol. The van der Waals surface area contributed by atoms with Crippen LogP contribution in [0.25, 0.3) is 0 Å². The fourth-order valence-electron chi connectivity index (χ4n) is 5.60. The molecule has 43 heavy (non-hydrogen) atoms. The molecule has 3 N–H and O–H groups in total. The topological polar surface area (TPSA) is 60.7 Å². The van der Waals surface area contributed by atoms with Gasteiger partial charge in [0.2, 0.25) is 0 Å². The molecule has 0 aliphatic rings. The lowest BCUT2D eigenvalue weighted by molar-refractivity contribution is 0.435. The Hall–Kier alpha value is -2.94. The van der Waals surface area contributed by atoms with E-state index in [-0.39, 0.29) is 10.8 Å². The summed E-state index contributed by atoms with van der Waals surface area (Å²) in [7, 11) is 0. The van der Waals surface area contributed by atoms with E-state index in [2.05, 4.69) is 113 Å². The van der Waals surface area contributed by atoms with Gasteiger partial charge in [0.15, 0.2) is 0 Å². The van der Waals surface area contributed by atoms with E-state index in [0.717, 1.165) is 71.9 Å². The van der Waals surface area contributed by atoms with E-state index in [1.807, 2.05) is 0 Å². The molecule has 0 aromatic heterocycles. The highest BCUT2D eigenvalue weighted by Crippen LogP contribution is 2.39. The number of phenolic OH excluding ortho intramolecular Hbond substituents is 3. The third-order valence-corrected chi connectivity index (χ3v) is 8.32. The first-order valence-electron chi connectivity index (χ1n) is 16.6. The molecule has 0 heterocycles. The molecule has 0 unspecified atom stereocenters. The third-order valence-electron chi connectivity index (χ3n) is 8.32. The molecule has 0 saturated heterocycles. The van der Waals surface area contributed by atoms with Crippen LogP contribution in [0, 0.1) is 6.92 Å². The summed E-state index contributed by atoms with van der Waals surface area (Å²) in [6.07, 6.45) is 9.05. The van der Waals surface area contributed by atoms with Crippen molar-refractivity contribution >= 4 is 0 Å². The highest BCUT2D eigenvalue weighted by atomic mass is 16.3. The second-order valence-corrected chi connectivity index (χ2v) is 14.3. The maximum Gasteiger partial charge on any atom is 0.122 e. The summed E-state index contributed by atoms with van der Waals surface area (Å²) in [5.41, 5.74) is 9.44. The largest absolute Gasteiger partial charge is 0.507 e. The zero-order valence-corrected chi connectivity index (χ0v) is 29.2. The third kappa shape index (κ3) is 10.1. The van der Waals surface area contributed by atoms with Gasteiger partial charge in [0.25, 0.3) is 0 Å². The molecule has 0 atom stereocenters. The quantitative estimate of drug-likeness (QED) is 0.221. The second kappa shape index (κ2) is 15.7. The van der Waals surface area contributed by atoms with Crippen LogP contribution in [0.3, 0.4) is 0 Å². The minimum Gasteiger partial charge on any atom is -0.507 e. The van der Waals surface area contributed by atoms with Crippen molar-refractivity contribution in [3.63, 3.8) is 0 Å². The van der Waals surface area contributed by atoms with Gasteiger partial charge in [-0.15, -0.1) is 0 Å². The Labute approximate surface area is 263 Å². The Balaban J connectivity index is 0.000000344. The summed E-state index contributed by atoms with van der Waals surface area (Å²) in [6.45, 7) is 23.5. The predicted molar refractivity (Wildman–Crippen MR) is 185 cm³/mol. The number of hydrogen-bond acceptors (Lipinski definition) is 3. The van der Waals surface area contributed by atoms with E-state index >= 15 is 0 Å². The maximum atomic E-state index is 11.0. The lowest BCUT2D eigenvalue weighted by atomic mass is 9.81. The predicted octanol–water partition coefficient (Wildman–Crippen LogP) is 10.8. The van der Waals surface area contributed by atoms with Crippen molar-refractivity contribution in [3.05, 3.63) is 86.5 Å². The fourth-order valence-corrected chi connectivity index (χ4v) is 5.60. The highest BCUT2D eigenvalue weighted by Gasteiger charge is 2.24. The highest BCUT2D eigenvalue weighted by molar-refractivity contribution is 5.53. The Kier molecular flexibility index (Phi) is 13.2. The van der Waals surface area contributed by atoms with Crippen molar-refractivity contribution in [1.82, 2.24) is 0 Å². The Bertz CT molecular complexity index is 1240. The van der Waals surface area contributed by atoms with E-state index in [0.29, 0.717) is 23.7 Å². The first kappa shape index (κ1) is 36.3. The number of rotatable bonds is 10. The normalized spacial score (nSPS) is 11.8. The molecule has 0 spiro atoms. The standard InChI is InChI=1S/C25H36O2.C15H24O/c1-9-16-11-18(22(26)20(13-16)24(3,4)5)15-19-12-17(10-2)14-21(23(19)27)25(6,7)8;1-4-6-8-13-10-12(3)11-14(15(13)16)9-7-5-2/h11-14,26-27H,9-10,15H2,1-8H3;10-11,16H,4-9H2,1-3H3. The van der Waals surface area contributed by atoms with Crippen molar-refractivity contribution in [1.29, 1.82) is 0 Å². The minimum absolute atomic E-state index is 0.131. The van der Waals surface area contributed by atoms with Gasteiger partial charge in [-0.1, -0.05) is 124 Å². The number of aromatic hydroxyl groups is 3. The summed E-state index contributed by atoms with van der Waals surface area (Å²) in [5.74, 6) is 1.27. The van der Waals surface area contributed by atoms with Crippen LogP contribution in [0.4, 0.5) is 0 Å². The molecule has 3 aromatic carbocycles. The van der Waals surface area contributed by atoms with Crippen LogP contribution >= 0.6 is 0 Å². The zero-order valence-electron chi connectivity index (χ0n) is 29.2. The number of benzene rings is 3. The van der Waals surface area contributed by atoms with Gasteiger partial charge in [0, 0.05) is 6.42 Å². The fraction of sp³-hybridized carbons (Fsp3) is 0.550. The molecule has 0 amide bonds. The SMILES string of the molecule is CCCCc1cc(C)cc(CCCC)c1O.CCc1cc(Cc2cc(CC)cc(C(C)(C)C)c2O)c(O)c(C(C)(C)C)c1. The van der Waals surface area contributed by atoms with Crippen molar-refractivity contribution in [2.24, 2.45) is 0 Å². The summed E-state index contributed by atoms with van der Waals surface area (Å²) < 4.78 is 0. The zero-order chi connectivity index (χ0) is 32.5. The van der Waals surface area contributed by atoms with Crippen molar-refractivity contribution in [3.8, 4) is 17.2 Å². The number of unbranched alkanes of at least 4 members (excludes halogenated alkanes) is 2. The van der Waals surface area contributed by atoms with Gasteiger partial charge in [-0.3, -0.25) is 0 Å². The van der Waals surface area contributed by atoms with E-state index in [4.69, 9.17) is 0 Å². The number of aryl methyl sites for hydroxylation is 5. The summed E-state index contributed by atoms with van der Waals surface area (Å²) in [5, 5.41) is 32.1. The van der Waals surface area contributed by atoms with Crippen LogP contribution < -0.4 is 0 Å². The molecule has 0 aliphatic heterocycles. The molecule has 3 heteroatoms. The molecule has 3 aromatic rings. The number of hydrogen-bond donors (Lipinski definition) is 3. The Morgan fingerprint density at radius 2 is 0.884 bits per heavy atom. The average Bonchev–Trinajstić information content (AvgIpc) is 2.93. The van der Waals surface area contributed by atoms with E-state index in [9.17, 15) is 15.3 Å². The van der Waals surface area contributed by atoms with E-state index in [1.54, 1.807) is 0 Å². The molecule has 0 bridgehead atoms. The smallest absolute Gasteiger partial charge is 0.122 e. The van der Waals surface area contributed by atoms with E-state index in [1.165, 1.54) is 29.5 Å². The van der Waals surface area contributed by atoms with Crippen LogP contribution in [-0.4, -0.2) is 15.3 Å². The summed E-state index contributed by atoms with van der Waals surface area (Å²) in [6, 6.07) is 12.6. The summed E-state index contributed by atoms with van der Waals surface area (Å²) >= 11 is 0. The lowest BCUT2D eigenvalue weighted by Crippen LogP contribution is -2.14. The van der Waals surface area contributed by atoms with Crippen molar-refractivity contribution in [2.75, 3.05) is 0 Å². The number of phenols is 3. The molecular weight excluding hydrogens is 528 g/mol. The molecule has 3 rings (SSSR count). The van der Waals surface area contributed by atoms with Gasteiger partial charge < -0.3 is 15.3 Å². The first-order chi connectivity index (χ1) is 20.1. The van der Waals surface area contributed by atoms with Gasteiger partial charge in [0.1, 0.15) is 17.2 Å². The molecule has 0 aliphatic carbocycles. The van der Waals surface area contributed by atoms with Crippen molar-refractivity contribution in [2.45, 2.75) is 145 Å². The van der Waals surface area contributed by atoms with Crippen LogP contribution in [0.1, 0.15) is 145 Å². The van der Waals surface area contributed by atoms with E-state index < -0.39 is 0 Å². The Morgan fingerprint density at radius 1 is 0.512 bits per heavy atom.